The monoisotopic (exact) mass is 292 g/mol. The van der Waals surface area contributed by atoms with E-state index in [1.807, 2.05) is 11.8 Å². The number of thioether (sulfide) groups is 1. The summed E-state index contributed by atoms with van der Waals surface area (Å²) in [6, 6.07) is 0. The molecule has 0 bridgehead atoms. The molecule has 0 aromatic heterocycles. The van der Waals surface area contributed by atoms with E-state index in [0.29, 0.717) is 0 Å². The van der Waals surface area contributed by atoms with Crippen LogP contribution in [0.4, 0.5) is 0 Å². The second kappa shape index (κ2) is 9.94. The van der Waals surface area contributed by atoms with E-state index in [1.54, 1.807) is 0 Å². The molecule has 0 aromatic rings. The molecule has 0 aliphatic heterocycles. The Kier molecular flexibility index (Phi) is 13.9. The molecule has 68 valence electrons. The van der Waals surface area contributed by atoms with Crippen LogP contribution in [0.2, 0.25) is 0 Å². The molecular formula is C6H14Cl3GaS. The Bertz CT molecular complexity index is 69.5. The predicted octanol–water partition coefficient (Wildman–Crippen LogP) is 4.22. The fraction of sp³-hybridized carbons (Fsp3) is 1.00. The van der Waals surface area contributed by atoms with Crippen molar-refractivity contribution in [3.05, 3.63) is 0 Å². The van der Waals surface area contributed by atoms with Gasteiger partial charge in [0, 0.05) is 0 Å². The summed E-state index contributed by atoms with van der Waals surface area (Å²) in [5.74, 6) is 0. The van der Waals surface area contributed by atoms with Crippen LogP contribution in [0.15, 0.2) is 0 Å². The number of rotatable bonds is 2. The third kappa shape index (κ3) is 33.6. The van der Waals surface area contributed by atoms with Crippen LogP contribution in [-0.4, -0.2) is 23.7 Å². The summed E-state index contributed by atoms with van der Waals surface area (Å²) >= 11 is -0.0532. The molecular weight excluding hydrogens is 280 g/mol. The van der Waals surface area contributed by atoms with E-state index in [4.69, 9.17) is 28.9 Å². The summed E-state index contributed by atoms with van der Waals surface area (Å²) < 4.78 is 0. The Balaban J connectivity index is 0. The van der Waals surface area contributed by atoms with E-state index in [2.05, 4.69) is 27.7 Å². The third-order valence-corrected chi connectivity index (χ3v) is 1.63. The van der Waals surface area contributed by atoms with E-state index in [9.17, 15) is 0 Å². The molecule has 0 unspecified atom stereocenters. The van der Waals surface area contributed by atoms with Crippen molar-refractivity contribution in [2.24, 2.45) is 0 Å². The van der Waals surface area contributed by atoms with Gasteiger partial charge in [-0.05, 0) is 10.5 Å². The van der Waals surface area contributed by atoms with E-state index in [-0.39, 0.29) is 0 Å². The van der Waals surface area contributed by atoms with Gasteiger partial charge in [-0.25, -0.2) is 0 Å². The predicted molar refractivity (Wildman–Crippen MR) is 61.2 cm³/mol. The van der Waals surface area contributed by atoms with Crippen molar-refractivity contribution < 1.29 is 0 Å². The van der Waals surface area contributed by atoms with Gasteiger partial charge in [0.15, 0.2) is 0 Å². The van der Waals surface area contributed by atoms with Crippen molar-refractivity contribution >= 4 is 53.9 Å². The molecule has 0 radical (unpaired) electrons. The molecule has 0 atom stereocenters. The first kappa shape index (κ1) is 15.3. The summed E-state index contributed by atoms with van der Waals surface area (Å²) in [5, 5.41) is 1.58. The molecule has 0 amide bonds. The molecule has 11 heavy (non-hydrogen) atoms. The van der Waals surface area contributed by atoms with Gasteiger partial charge in [0.2, 0.25) is 0 Å². The van der Waals surface area contributed by atoms with Crippen molar-refractivity contribution in [3.8, 4) is 0 Å². The summed E-state index contributed by atoms with van der Waals surface area (Å²) in [6.07, 6.45) is 0. The second-order valence-corrected chi connectivity index (χ2v) is 16.0. The van der Waals surface area contributed by atoms with Gasteiger partial charge >= 0.3 is 42.1 Å². The number of halogens is 3. The van der Waals surface area contributed by atoms with Gasteiger partial charge in [-0.1, -0.05) is 27.7 Å². The van der Waals surface area contributed by atoms with E-state index < -0.39 is 13.2 Å². The summed E-state index contributed by atoms with van der Waals surface area (Å²) in [6.45, 7) is 8.91. The molecule has 0 aliphatic rings. The molecule has 0 aliphatic carbocycles. The molecule has 0 aromatic carbocycles. The molecule has 0 fully saturated rings. The maximum absolute atomic E-state index is 4.99. The molecule has 0 saturated carbocycles. The third-order valence-electron chi connectivity index (χ3n) is 0.544. The summed E-state index contributed by atoms with van der Waals surface area (Å²) in [5.41, 5.74) is 0. The van der Waals surface area contributed by atoms with Crippen molar-refractivity contribution in [3.63, 3.8) is 0 Å². The molecule has 0 saturated heterocycles. The summed E-state index contributed by atoms with van der Waals surface area (Å²) in [7, 11) is 15.0. The van der Waals surface area contributed by atoms with E-state index in [1.165, 1.54) is 0 Å². The molecule has 5 heteroatoms. The SMILES string of the molecule is CC(C)SC(C)C.[Cl][Ga]([Cl])[Cl]. The normalized spacial score (nSPS) is 9.55. The van der Waals surface area contributed by atoms with Crippen LogP contribution >= 0.6 is 40.7 Å². The Morgan fingerprint density at radius 3 is 1.09 bits per heavy atom. The Hall–Kier alpha value is 1.86. The van der Waals surface area contributed by atoms with Gasteiger partial charge in [-0.2, -0.15) is 11.8 Å². The van der Waals surface area contributed by atoms with Crippen molar-refractivity contribution in [1.29, 1.82) is 0 Å². The average molecular weight is 294 g/mol. The topological polar surface area (TPSA) is 0 Å². The van der Waals surface area contributed by atoms with Crippen LogP contribution in [0.1, 0.15) is 27.7 Å². The first-order valence-electron chi connectivity index (χ1n) is 3.44. The molecule has 0 spiro atoms. The Morgan fingerprint density at radius 1 is 0.909 bits per heavy atom. The first-order chi connectivity index (χ1) is 4.86. The van der Waals surface area contributed by atoms with Crippen LogP contribution < -0.4 is 0 Å². The zero-order valence-electron chi connectivity index (χ0n) is 7.27. The molecule has 0 rings (SSSR count). The zero-order valence-corrected chi connectivity index (χ0v) is 12.8. The fourth-order valence-corrected chi connectivity index (χ4v) is 1.63. The van der Waals surface area contributed by atoms with Gasteiger partial charge in [0.25, 0.3) is 0 Å². The van der Waals surface area contributed by atoms with Crippen LogP contribution in [0, 0.1) is 0 Å². The van der Waals surface area contributed by atoms with Crippen molar-refractivity contribution in [2.45, 2.75) is 38.2 Å². The first-order valence-corrected chi connectivity index (χ1v) is 13.9. The number of hydrogen-bond acceptors (Lipinski definition) is 1. The van der Waals surface area contributed by atoms with E-state index in [0.717, 1.165) is 10.5 Å². The summed E-state index contributed by atoms with van der Waals surface area (Å²) in [4.78, 5) is 0. The van der Waals surface area contributed by atoms with Crippen LogP contribution in [0.3, 0.4) is 0 Å². The van der Waals surface area contributed by atoms with Crippen LogP contribution in [-0.2, 0) is 0 Å². The van der Waals surface area contributed by atoms with Gasteiger partial charge < -0.3 is 0 Å². The molecule has 0 N–H and O–H groups in total. The van der Waals surface area contributed by atoms with Crippen LogP contribution in [0.25, 0.3) is 0 Å². The van der Waals surface area contributed by atoms with Gasteiger partial charge in [-0.15, -0.1) is 0 Å². The van der Waals surface area contributed by atoms with E-state index >= 15 is 0 Å². The minimum atomic E-state index is -2.06. The Labute approximate surface area is 91.4 Å². The number of hydrogen-bond donors (Lipinski definition) is 0. The van der Waals surface area contributed by atoms with Gasteiger partial charge in [0.05, 0.1) is 0 Å². The average Bonchev–Trinajstić information content (AvgIpc) is 1.56. The molecule has 0 nitrogen and oxygen atoms in total. The van der Waals surface area contributed by atoms with Gasteiger partial charge in [-0.3, -0.25) is 0 Å². The zero-order chi connectivity index (χ0) is 9.44. The standard InChI is InChI=1S/C6H14S.3ClH.Ga/c1-5(2)7-6(3)4;;;;/h5-6H,1-4H3;3*1H;/q;;;;+3/p-3. The van der Waals surface area contributed by atoms with Crippen molar-refractivity contribution in [1.82, 2.24) is 0 Å². The maximum atomic E-state index is 4.99. The quantitative estimate of drug-likeness (QED) is 0.687. The minimum absolute atomic E-state index is 0.792. The molecule has 0 heterocycles. The van der Waals surface area contributed by atoms with Crippen molar-refractivity contribution in [2.75, 3.05) is 0 Å². The second-order valence-electron chi connectivity index (χ2n) is 2.48. The fourth-order valence-electron chi connectivity index (χ4n) is 0.544. The Morgan fingerprint density at radius 2 is 1.09 bits per heavy atom. The van der Waals surface area contributed by atoms with Crippen LogP contribution in [0.5, 0.6) is 0 Å². The van der Waals surface area contributed by atoms with Gasteiger partial charge in [0.1, 0.15) is 0 Å².